The van der Waals surface area contributed by atoms with Gasteiger partial charge >= 0.3 is 0 Å². The van der Waals surface area contributed by atoms with Gasteiger partial charge in [0, 0.05) is 18.4 Å². The van der Waals surface area contributed by atoms with Crippen LogP contribution in [-0.2, 0) is 0 Å². The van der Waals surface area contributed by atoms with Crippen molar-refractivity contribution in [3.8, 4) is 0 Å². The molecule has 1 aromatic heterocycles. The molecule has 0 amide bonds. The van der Waals surface area contributed by atoms with E-state index in [1.54, 1.807) is 0 Å². The van der Waals surface area contributed by atoms with Crippen molar-refractivity contribution in [3.63, 3.8) is 0 Å². The van der Waals surface area contributed by atoms with Gasteiger partial charge in [0.2, 0.25) is 0 Å². The molecule has 1 aliphatic carbocycles. The van der Waals surface area contributed by atoms with Crippen molar-refractivity contribution in [3.05, 3.63) is 30.1 Å². The number of nitrogens with zero attached hydrogens (tertiary/aromatic N) is 1. The van der Waals surface area contributed by atoms with Gasteiger partial charge in [-0.3, -0.25) is 4.98 Å². The third-order valence-electron chi connectivity index (χ3n) is 3.45. The first-order valence-electron chi connectivity index (χ1n) is 6.02. The number of hydrogen-bond donors (Lipinski definition) is 1. The van der Waals surface area contributed by atoms with Crippen LogP contribution in [0.4, 0.5) is 0 Å². The first-order chi connectivity index (χ1) is 7.36. The highest BCUT2D eigenvalue weighted by Crippen LogP contribution is 2.30. The highest BCUT2D eigenvalue weighted by atomic mass is 14.7. The minimum Gasteiger partial charge on any atom is -0.324 e. The summed E-state index contributed by atoms with van der Waals surface area (Å²) in [5.74, 6) is 0.849. The maximum absolute atomic E-state index is 6.20. The van der Waals surface area contributed by atoms with E-state index in [-0.39, 0.29) is 6.04 Å². The number of aromatic nitrogens is 1. The number of pyridine rings is 1. The lowest BCUT2D eigenvalue weighted by Gasteiger charge is -2.24. The lowest BCUT2D eigenvalue weighted by atomic mass is 9.84. The quantitative estimate of drug-likeness (QED) is 0.821. The first kappa shape index (κ1) is 10.6. The Morgan fingerprint density at radius 2 is 1.87 bits per heavy atom. The number of hydrogen-bond acceptors (Lipinski definition) is 2. The number of rotatable bonds is 3. The van der Waals surface area contributed by atoms with Crippen LogP contribution in [0.3, 0.4) is 0 Å². The smallest absolute Gasteiger partial charge is 0.0298 e. The molecule has 0 bridgehead atoms. The standard InChI is InChI=1S/C13H20N2/c14-13(12-6-8-15-9-7-12)10-11-4-2-1-3-5-11/h6-9,11,13H,1-5,10,14H2. The van der Waals surface area contributed by atoms with E-state index in [0.717, 1.165) is 12.3 Å². The van der Waals surface area contributed by atoms with Crippen LogP contribution in [0.5, 0.6) is 0 Å². The largest absolute Gasteiger partial charge is 0.324 e. The molecular weight excluding hydrogens is 184 g/mol. The molecule has 1 unspecified atom stereocenters. The van der Waals surface area contributed by atoms with Gasteiger partial charge in [-0.05, 0) is 30.0 Å². The third kappa shape index (κ3) is 3.03. The van der Waals surface area contributed by atoms with E-state index in [1.807, 2.05) is 24.5 Å². The summed E-state index contributed by atoms with van der Waals surface area (Å²) in [6.45, 7) is 0. The molecule has 1 fully saturated rings. The molecule has 82 valence electrons. The van der Waals surface area contributed by atoms with E-state index in [9.17, 15) is 0 Å². The van der Waals surface area contributed by atoms with Crippen molar-refractivity contribution < 1.29 is 0 Å². The fourth-order valence-electron chi connectivity index (χ4n) is 2.53. The highest BCUT2D eigenvalue weighted by Gasteiger charge is 2.17. The van der Waals surface area contributed by atoms with Crippen LogP contribution in [0.2, 0.25) is 0 Å². The molecule has 0 saturated heterocycles. The Morgan fingerprint density at radius 3 is 2.53 bits per heavy atom. The Hall–Kier alpha value is -0.890. The monoisotopic (exact) mass is 204 g/mol. The van der Waals surface area contributed by atoms with E-state index in [4.69, 9.17) is 5.73 Å². The zero-order valence-corrected chi connectivity index (χ0v) is 9.23. The van der Waals surface area contributed by atoms with E-state index in [1.165, 1.54) is 37.7 Å². The zero-order valence-electron chi connectivity index (χ0n) is 9.23. The van der Waals surface area contributed by atoms with E-state index < -0.39 is 0 Å². The lowest BCUT2D eigenvalue weighted by molar-refractivity contribution is 0.319. The fraction of sp³-hybridized carbons (Fsp3) is 0.615. The summed E-state index contributed by atoms with van der Waals surface area (Å²) in [6.07, 6.45) is 11.8. The summed E-state index contributed by atoms with van der Waals surface area (Å²) in [5, 5.41) is 0. The molecule has 0 radical (unpaired) electrons. The fourth-order valence-corrected chi connectivity index (χ4v) is 2.53. The summed E-state index contributed by atoms with van der Waals surface area (Å²) in [6, 6.07) is 4.28. The van der Waals surface area contributed by atoms with Crippen molar-refractivity contribution >= 4 is 0 Å². The maximum atomic E-state index is 6.20. The van der Waals surface area contributed by atoms with Crippen molar-refractivity contribution in [2.75, 3.05) is 0 Å². The SMILES string of the molecule is NC(CC1CCCCC1)c1ccncc1. The minimum atomic E-state index is 0.205. The summed E-state index contributed by atoms with van der Waals surface area (Å²) >= 11 is 0. The Balaban J connectivity index is 1.88. The molecule has 2 N–H and O–H groups in total. The van der Waals surface area contributed by atoms with E-state index in [2.05, 4.69) is 4.98 Å². The Kier molecular flexibility index (Phi) is 3.73. The van der Waals surface area contributed by atoms with Gasteiger partial charge in [-0.25, -0.2) is 0 Å². The molecule has 0 aliphatic heterocycles. The third-order valence-corrected chi connectivity index (χ3v) is 3.45. The van der Waals surface area contributed by atoms with Gasteiger partial charge in [-0.2, -0.15) is 0 Å². The summed E-state index contributed by atoms with van der Waals surface area (Å²) in [4.78, 5) is 4.02. The van der Waals surface area contributed by atoms with Gasteiger partial charge in [0.05, 0.1) is 0 Å². The van der Waals surface area contributed by atoms with Crippen LogP contribution in [-0.4, -0.2) is 4.98 Å². The average molecular weight is 204 g/mol. The molecule has 1 aromatic rings. The van der Waals surface area contributed by atoms with E-state index >= 15 is 0 Å². The lowest BCUT2D eigenvalue weighted by Crippen LogP contribution is -2.17. The van der Waals surface area contributed by atoms with Crippen LogP contribution in [0.1, 0.15) is 50.1 Å². The Morgan fingerprint density at radius 1 is 1.20 bits per heavy atom. The van der Waals surface area contributed by atoms with Gasteiger partial charge in [0.25, 0.3) is 0 Å². The summed E-state index contributed by atoms with van der Waals surface area (Å²) in [7, 11) is 0. The summed E-state index contributed by atoms with van der Waals surface area (Å²) in [5.41, 5.74) is 7.43. The molecule has 1 aliphatic rings. The molecule has 1 heterocycles. The molecule has 2 rings (SSSR count). The molecular formula is C13H20N2. The van der Waals surface area contributed by atoms with E-state index in [0.29, 0.717) is 0 Å². The van der Waals surface area contributed by atoms with Gasteiger partial charge < -0.3 is 5.73 Å². The van der Waals surface area contributed by atoms with Crippen molar-refractivity contribution in [2.45, 2.75) is 44.6 Å². The molecule has 1 atom stereocenters. The average Bonchev–Trinajstić information content (AvgIpc) is 2.31. The second kappa shape index (κ2) is 5.26. The van der Waals surface area contributed by atoms with Gasteiger partial charge in [-0.1, -0.05) is 32.1 Å². The number of nitrogens with two attached hydrogens (primary N) is 1. The maximum Gasteiger partial charge on any atom is 0.0298 e. The highest BCUT2D eigenvalue weighted by molar-refractivity contribution is 5.14. The summed E-state index contributed by atoms with van der Waals surface area (Å²) < 4.78 is 0. The van der Waals surface area contributed by atoms with Gasteiger partial charge in [-0.15, -0.1) is 0 Å². The van der Waals surface area contributed by atoms with Crippen LogP contribution < -0.4 is 5.73 Å². The molecule has 1 saturated carbocycles. The van der Waals surface area contributed by atoms with Crippen LogP contribution in [0.25, 0.3) is 0 Å². The van der Waals surface area contributed by atoms with Gasteiger partial charge in [0.1, 0.15) is 0 Å². The van der Waals surface area contributed by atoms with Gasteiger partial charge in [0.15, 0.2) is 0 Å². The predicted molar refractivity (Wildman–Crippen MR) is 62.4 cm³/mol. The van der Waals surface area contributed by atoms with Crippen LogP contribution in [0, 0.1) is 5.92 Å². The van der Waals surface area contributed by atoms with Crippen molar-refractivity contribution in [1.29, 1.82) is 0 Å². The first-order valence-corrected chi connectivity index (χ1v) is 6.02. The molecule has 0 spiro atoms. The normalized spacial score (nSPS) is 20.1. The van der Waals surface area contributed by atoms with Crippen molar-refractivity contribution in [1.82, 2.24) is 4.98 Å². The molecule has 0 aromatic carbocycles. The Bertz CT molecular complexity index is 278. The van der Waals surface area contributed by atoms with Crippen LogP contribution >= 0.6 is 0 Å². The molecule has 2 nitrogen and oxygen atoms in total. The second-order valence-electron chi connectivity index (χ2n) is 4.63. The zero-order chi connectivity index (χ0) is 10.5. The molecule has 15 heavy (non-hydrogen) atoms. The molecule has 2 heteroatoms. The Labute approximate surface area is 91.9 Å². The minimum absolute atomic E-state index is 0.205. The predicted octanol–water partition coefficient (Wildman–Crippen LogP) is 3.05. The van der Waals surface area contributed by atoms with Crippen molar-refractivity contribution in [2.24, 2.45) is 11.7 Å². The van der Waals surface area contributed by atoms with Crippen LogP contribution in [0.15, 0.2) is 24.5 Å². The topological polar surface area (TPSA) is 38.9 Å². The second-order valence-corrected chi connectivity index (χ2v) is 4.63.